The number of nitrogens with zero attached hydrogens (tertiary/aromatic N) is 4. The molecular weight excluding hydrogens is 302 g/mol. The lowest BCUT2D eigenvalue weighted by Gasteiger charge is -2.39. The van der Waals surface area contributed by atoms with Crippen molar-refractivity contribution in [2.24, 2.45) is 5.73 Å². The molecule has 0 radical (unpaired) electrons. The summed E-state index contributed by atoms with van der Waals surface area (Å²) in [7, 11) is 0. The molecule has 2 N–H and O–H groups in total. The van der Waals surface area contributed by atoms with Gasteiger partial charge in [-0.3, -0.25) is 14.7 Å². The molecule has 0 bridgehead atoms. The molecule has 6 heteroatoms. The van der Waals surface area contributed by atoms with Gasteiger partial charge >= 0.3 is 0 Å². The maximum absolute atomic E-state index is 12.0. The minimum Gasteiger partial charge on any atom is -0.368 e. The summed E-state index contributed by atoms with van der Waals surface area (Å²) in [6.07, 6.45) is 1.79. The number of nitrogens with two attached hydrogens (primary N) is 1. The molecule has 24 heavy (non-hydrogen) atoms. The summed E-state index contributed by atoms with van der Waals surface area (Å²) in [5.74, 6) is 0.631. The van der Waals surface area contributed by atoms with E-state index in [9.17, 15) is 4.79 Å². The Kier molecular flexibility index (Phi) is 4.76. The fourth-order valence-corrected chi connectivity index (χ4v) is 3.21. The van der Waals surface area contributed by atoms with E-state index < -0.39 is 0 Å². The summed E-state index contributed by atoms with van der Waals surface area (Å²) in [6, 6.07) is 9.35. The molecule has 2 heterocycles. The SMILES string of the molecule is Cc1cnc(C)c(N2CCN(C(C(N)=O)c3ccccc3)CC2)n1. The lowest BCUT2D eigenvalue weighted by atomic mass is 10.0. The molecule has 0 saturated carbocycles. The highest BCUT2D eigenvalue weighted by atomic mass is 16.1. The van der Waals surface area contributed by atoms with Crippen molar-refractivity contribution in [1.29, 1.82) is 0 Å². The summed E-state index contributed by atoms with van der Waals surface area (Å²) >= 11 is 0. The molecule has 1 aromatic heterocycles. The quantitative estimate of drug-likeness (QED) is 0.921. The molecule has 1 aliphatic rings. The van der Waals surface area contributed by atoms with Crippen LogP contribution in [0.4, 0.5) is 5.82 Å². The maximum Gasteiger partial charge on any atom is 0.239 e. The monoisotopic (exact) mass is 325 g/mol. The highest BCUT2D eigenvalue weighted by Gasteiger charge is 2.29. The van der Waals surface area contributed by atoms with E-state index in [4.69, 9.17) is 5.73 Å². The third-order valence-corrected chi connectivity index (χ3v) is 4.41. The Bertz CT molecular complexity index is 711. The summed E-state index contributed by atoms with van der Waals surface area (Å²) < 4.78 is 0. The van der Waals surface area contributed by atoms with Crippen LogP contribution in [0.3, 0.4) is 0 Å². The first-order chi connectivity index (χ1) is 11.6. The van der Waals surface area contributed by atoms with Crippen LogP contribution < -0.4 is 10.6 Å². The number of piperazine rings is 1. The minimum absolute atomic E-state index is 0.304. The predicted octanol–water partition coefficient (Wildman–Crippen LogP) is 1.44. The van der Waals surface area contributed by atoms with Crippen molar-refractivity contribution in [3.63, 3.8) is 0 Å². The number of hydrogen-bond acceptors (Lipinski definition) is 5. The smallest absolute Gasteiger partial charge is 0.239 e. The number of rotatable bonds is 4. The number of carbonyl (C=O) groups is 1. The fourth-order valence-electron chi connectivity index (χ4n) is 3.21. The van der Waals surface area contributed by atoms with E-state index in [1.54, 1.807) is 6.20 Å². The third-order valence-electron chi connectivity index (χ3n) is 4.41. The molecule has 1 unspecified atom stereocenters. The van der Waals surface area contributed by atoms with Gasteiger partial charge in [0.15, 0.2) is 0 Å². The molecular formula is C18H23N5O. The zero-order valence-electron chi connectivity index (χ0n) is 14.1. The molecule has 2 aromatic rings. The van der Waals surface area contributed by atoms with E-state index in [0.717, 1.165) is 48.9 Å². The second-order valence-electron chi connectivity index (χ2n) is 6.16. The number of aromatic nitrogens is 2. The first kappa shape index (κ1) is 16.4. The van der Waals surface area contributed by atoms with Crippen LogP contribution in [0, 0.1) is 13.8 Å². The number of amides is 1. The molecule has 1 atom stereocenters. The van der Waals surface area contributed by atoms with Gasteiger partial charge in [-0.1, -0.05) is 30.3 Å². The number of anilines is 1. The van der Waals surface area contributed by atoms with Crippen LogP contribution in [0.15, 0.2) is 36.5 Å². The molecule has 126 valence electrons. The molecule has 1 aliphatic heterocycles. The first-order valence-electron chi connectivity index (χ1n) is 8.20. The van der Waals surface area contributed by atoms with Gasteiger partial charge in [-0.05, 0) is 19.4 Å². The van der Waals surface area contributed by atoms with E-state index in [1.165, 1.54) is 0 Å². The van der Waals surface area contributed by atoms with Crippen molar-refractivity contribution in [1.82, 2.24) is 14.9 Å². The Balaban J connectivity index is 1.74. The number of benzene rings is 1. The normalized spacial score (nSPS) is 16.8. The number of primary amides is 1. The summed E-state index contributed by atoms with van der Waals surface area (Å²) in [4.78, 5) is 25.4. The van der Waals surface area contributed by atoms with Gasteiger partial charge in [-0.2, -0.15) is 0 Å². The van der Waals surface area contributed by atoms with Crippen LogP contribution >= 0.6 is 0 Å². The van der Waals surface area contributed by atoms with Crippen molar-refractivity contribution >= 4 is 11.7 Å². The molecule has 6 nitrogen and oxygen atoms in total. The Morgan fingerprint density at radius 1 is 1.12 bits per heavy atom. The molecule has 1 amide bonds. The summed E-state index contributed by atoms with van der Waals surface area (Å²) in [6.45, 7) is 7.05. The standard InChI is InChI=1S/C18H23N5O/c1-13-12-20-14(2)18(21-13)23-10-8-22(9-11-23)16(17(19)24)15-6-4-3-5-7-15/h3-7,12,16H,8-11H2,1-2H3,(H2,19,24). The van der Waals surface area contributed by atoms with E-state index in [0.29, 0.717) is 0 Å². The second kappa shape index (κ2) is 6.97. The Morgan fingerprint density at radius 3 is 2.42 bits per heavy atom. The molecule has 1 fully saturated rings. The van der Waals surface area contributed by atoms with Gasteiger partial charge in [0.05, 0.1) is 11.4 Å². The van der Waals surface area contributed by atoms with Crippen LogP contribution in [0.2, 0.25) is 0 Å². The van der Waals surface area contributed by atoms with Gasteiger partial charge in [0.2, 0.25) is 5.91 Å². The summed E-state index contributed by atoms with van der Waals surface area (Å²) in [5.41, 5.74) is 8.47. The largest absolute Gasteiger partial charge is 0.368 e. The lowest BCUT2D eigenvalue weighted by molar-refractivity contribution is -0.123. The molecule has 0 spiro atoms. The van der Waals surface area contributed by atoms with Gasteiger partial charge in [-0.15, -0.1) is 0 Å². The van der Waals surface area contributed by atoms with Crippen molar-refractivity contribution in [3.8, 4) is 0 Å². The average molecular weight is 325 g/mol. The summed E-state index contributed by atoms with van der Waals surface area (Å²) in [5, 5.41) is 0. The number of carbonyl (C=O) groups excluding carboxylic acids is 1. The van der Waals surface area contributed by atoms with Crippen LogP contribution in [-0.2, 0) is 4.79 Å². The van der Waals surface area contributed by atoms with Crippen LogP contribution in [0.1, 0.15) is 23.0 Å². The predicted molar refractivity (Wildman–Crippen MR) is 93.7 cm³/mol. The Hall–Kier alpha value is -2.47. The van der Waals surface area contributed by atoms with Crippen LogP contribution in [0.5, 0.6) is 0 Å². The van der Waals surface area contributed by atoms with Gasteiger partial charge < -0.3 is 10.6 Å². The van der Waals surface area contributed by atoms with Crippen LogP contribution in [-0.4, -0.2) is 47.0 Å². The van der Waals surface area contributed by atoms with Crippen molar-refractivity contribution in [2.45, 2.75) is 19.9 Å². The van der Waals surface area contributed by atoms with Crippen molar-refractivity contribution < 1.29 is 4.79 Å². The maximum atomic E-state index is 12.0. The zero-order chi connectivity index (χ0) is 17.1. The van der Waals surface area contributed by atoms with E-state index in [2.05, 4.69) is 19.8 Å². The minimum atomic E-state index is -0.377. The lowest BCUT2D eigenvalue weighted by Crippen LogP contribution is -2.50. The first-order valence-corrected chi connectivity index (χ1v) is 8.20. The fraction of sp³-hybridized carbons (Fsp3) is 0.389. The van der Waals surface area contributed by atoms with Crippen LogP contribution in [0.25, 0.3) is 0 Å². The van der Waals surface area contributed by atoms with E-state index >= 15 is 0 Å². The second-order valence-corrected chi connectivity index (χ2v) is 6.16. The number of hydrogen-bond donors (Lipinski definition) is 1. The van der Waals surface area contributed by atoms with Gasteiger partial charge in [-0.25, -0.2) is 4.98 Å². The Morgan fingerprint density at radius 2 is 1.79 bits per heavy atom. The topological polar surface area (TPSA) is 75.3 Å². The highest BCUT2D eigenvalue weighted by Crippen LogP contribution is 2.24. The zero-order valence-corrected chi connectivity index (χ0v) is 14.1. The third kappa shape index (κ3) is 3.38. The van der Waals surface area contributed by atoms with E-state index in [1.807, 2.05) is 44.2 Å². The molecule has 3 rings (SSSR count). The molecule has 0 aliphatic carbocycles. The molecule has 1 saturated heterocycles. The van der Waals surface area contributed by atoms with Gasteiger partial charge in [0.1, 0.15) is 11.9 Å². The Labute approximate surface area is 142 Å². The number of aryl methyl sites for hydroxylation is 2. The molecule has 1 aromatic carbocycles. The average Bonchev–Trinajstić information content (AvgIpc) is 2.59. The van der Waals surface area contributed by atoms with Crippen molar-refractivity contribution in [2.75, 3.05) is 31.1 Å². The van der Waals surface area contributed by atoms with Gasteiger partial charge in [0.25, 0.3) is 0 Å². The van der Waals surface area contributed by atoms with Crippen molar-refractivity contribution in [3.05, 3.63) is 53.5 Å². The van der Waals surface area contributed by atoms with E-state index in [-0.39, 0.29) is 11.9 Å². The highest BCUT2D eigenvalue weighted by molar-refractivity contribution is 5.81. The van der Waals surface area contributed by atoms with Gasteiger partial charge in [0, 0.05) is 32.4 Å².